The quantitative estimate of drug-likeness (QED) is 0.759. The summed E-state index contributed by atoms with van der Waals surface area (Å²) in [4.78, 5) is 16.4. The number of amides is 1. The Balaban J connectivity index is 1.61. The molecule has 2 atom stereocenters. The Morgan fingerprint density at radius 3 is 3.14 bits per heavy atom. The van der Waals surface area contributed by atoms with E-state index in [9.17, 15) is 9.90 Å². The Morgan fingerprint density at radius 1 is 1.50 bits per heavy atom. The Morgan fingerprint density at radius 2 is 2.41 bits per heavy atom. The minimum absolute atomic E-state index is 0.216. The number of ether oxygens (including phenoxy) is 1. The maximum absolute atomic E-state index is 12.2. The molecule has 0 spiro atoms. The van der Waals surface area contributed by atoms with Crippen molar-refractivity contribution in [2.24, 2.45) is 0 Å². The number of nitrogens with one attached hydrogen (secondary N) is 2. The van der Waals surface area contributed by atoms with Gasteiger partial charge in [-0.1, -0.05) is 6.07 Å². The number of β-amino-alcohol motifs (C(OH)–C–C–N with tert-alkyl or cyclic N) is 1. The van der Waals surface area contributed by atoms with Gasteiger partial charge in [-0.2, -0.15) is 0 Å². The molecule has 2 aromatic rings. The van der Waals surface area contributed by atoms with Gasteiger partial charge in [0.05, 0.1) is 23.4 Å². The van der Waals surface area contributed by atoms with E-state index >= 15 is 0 Å². The average Bonchev–Trinajstić information content (AvgIpc) is 3.18. The maximum atomic E-state index is 12.2. The second kappa shape index (κ2) is 6.87. The van der Waals surface area contributed by atoms with Crippen molar-refractivity contribution in [2.45, 2.75) is 18.8 Å². The zero-order valence-electron chi connectivity index (χ0n) is 11.9. The van der Waals surface area contributed by atoms with Crippen LogP contribution in [-0.4, -0.2) is 41.2 Å². The van der Waals surface area contributed by atoms with Crippen LogP contribution in [-0.2, 0) is 6.61 Å². The molecule has 1 aliphatic rings. The number of aliphatic hydroxyl groups is 1. The van der Waals surface area contributed by atoms with E-state index in [2.05, 4.69) is 15.6 Å². The Labute approximate surface area is 132 Å². The zero-order valence-corrected chi connectivity index (χ0v) is 12.7. The molecule has 0 bridgehead atoms. The molecular formula is C15H17N3O3S. The smallest absolute Gasteiger partial charge is 0.251 e. The number of rotatable bonds is 5. The van der Waals surface area contributed by atoms with E-state index in [1.54, 1.807) is 29.8 Å². The predicted octanol–water partition coefficient (Wildman–Crippen LogP) is 0.785. The third kappa shape index (κ3) is 3.62. The fourth-order valence-corrected chi connectivity index (χ4v) is 2.80. The predicted molar refractivity (Wildman–Crippen MR) is 83.0 cm³/mol. The Bertz CT molecular complexity index is 633. The van der Waals surface area contributed by atoms with Crippen molar-refractivity contribution < 1.29 is 14.6 Å². The summed E-state index contributed by atoms with van der Waals surface area (Å²) in [6.45, 7) is 1.45. The molecule has 2 heterocycles. The van der Waals surface area contributed by atoms with Gasteiger partial charge in [-0.15, -0.1) is 11.3 Å². The number of carbonyl (C=O) groups excluding carboxylic acids is 1. The van der Waals surface area contributed by atoms with Crippen molar-refractivity contribution in [1.82, 2.24) is 15.6 Å². The number of carbonyl (C=O) groups is 1. The summed E-state index contributed by atoms with van der Waals surface area (Å²) in [6.07, 6.45) is -0.548. The van der Waals surface area contributed by atoms with Gasteiger partial charge in [0.2, 0.25) is 0 Å². The number of hydrogen-bond acceptors (Lipinski definition) is 6. The molecule has 0 saturated carbocycles. The zero-order chi connectivity index (χ0) is 15.4. The SMILES string of the molecule is O=C(N[C@H]1CNC[C@H]1O)c1cccc(OCc2cscn2)c1. The first-order valence-electron chi connectivity index (χ1n) is 7.02. The van der Waals surface area contributed by atoms with Gasteiger partial charge >= 0.3 is 0 Å². The molecule has 6 nitrogen and oxygen atoms in total. The summed E-state index contributed by atoms with van der Waals surface area (Å²) in [5.41, 5.74) is 3.12. The molecule has 1 fully saturated rings. The fourth-order valence-electron chi connectivity index (χ4n) is 2.26. The number of benzene rings is 1. The maximum Gasteiger partial charge on any atom is 0.251 e. The van der Waals surface area contributed by atoms with E-state index in [0.29, 0.717) is 31.0 Å². The summed E-state index contributed by atoms with van der Waals surface area (Å²) in [7, 11) is 0. The monoisotopic (exact) mass is 319 g/mol. The average molecular weight is 319 g/mol. The molecule has 116 valence electrons. The Hall–Kier alpha value is -1.96. The standard InChI is InChI=1S/C15H17N3O3S/c19-14-6-16-5-13(14)18-15(20)10-2-1-3-12(4-10)21-7-11-8-22-9-17-11/h1-4,8-9,13-14,16,19H,5-7H2,(H,18,20)/t13-,14+/m0/s1. The minimum Gasteiger partial charge on any atom is -0.487 e. The molecule has 0 radical (unpaired) electrons. The second-order valence-electron chi connectivity index (χ2n) is 5.10. The molecule has 22 heavy (non-hydrogen) atoms. The van der Waals surface area contributed by atoms with Gasteiger partial charge in [0, 0.05) is 24.0 Å². The van der Waals surface area contributed by atoms with E-state index in [0.717, 1.165) is 5.69 Å². The first kappa shape index (κ1) is 15.0. The molecule has 1 amide bonds. The first-order valence-corrected chi connectivity index (χ1v) is 7.96. The van der Waals surface area contributed by atoms with Crippen molar-refractivity contribution in [2.75, 3.05) is 13.1 Å². The van der Waals surface area contributed by atoms with Crippen LogP contribution in [0.5, 0.6) is 5.75 Å². The highest BCUT2D eigenvalue weighted by molar-refractivity contribution is 7.07. The number of thiazole rings is 1. The Kier molecular flexibility index (Phi) is 4.67. The summed E-state index contributed by atoms with van der Waals surface area (Å²) in [5.74, 6) is 0.401. The molecule has 1 saturated heterocycles. The number of nitrogens with zero attached hydrogens (tertiary/aromatic N) is 1. The van der Waals surface area contributed by atoms with Crippen molar-refractivity contribution in [3.05, 3.63) is 46.4 Å². The summed E-state index contributed by atoms with van der Waals surface area (Å²) < 4.78 is 5.63. The highest BCUT2D eigenvalue weighted by atomic mass is 32.1. The molecule has 0 unspecified atom stereocenters. The van der Waals surface area contributed by atoms with Gasteiger partial charge in [-0.3, -0.25) is 4.79 Å². The number of aliphatic hydroxyl groups excluding tert-OH is 1. The molecule has 1 aromatic carbocycles. The van der Waals surface area contributed by atoms with Gasteiger partial charge < -0.3 is 20.5 Å². The van der Waals surface area contributed by atoms with Crippen molar-refractivity contribution in [1.29, 1.82) is 0 Å². The minimum atomic E-state index is -0.548. The lowest BCUT2D eigenvalue weighted by atomic mass is 10.1. The molecule has 1 aliphatic heterocycles. The third-order valence-corrected chi connectivity index (χ3v) is 4.10. The first-order chi connectivity index (χ1) is 10.7. The van der Waals surface area contributed by atoms with Crippen LogP contribution in [0.15, 0.2) is 35.2 Å². The van der Waals surface area contributed by atoms with E-state index in [-0.39, 0.29) is 11.9 Å². The van der Waals surface area contributed by atoms with E-state index in [1.165, 1.54) is 11.3 Å². The summed E-state index contributed by atoms with van der Waals surface area (Å²) >= 11 is 1.52. The van der Waals surface area contributed by atoms with Gasteiger partial charge in [-0.25, -0.2) is 4.98 Å². The molecule has 1 aromatic heterocycles. The van der Waals surface area contributed by atoms with Crippen LogP contribution < -0.4 is 15.4 Å². The van der Waals surface area contributed by atoms with Gasteiger partial charge in [0.1, 0.15) is 12.4 Å². The summed E-state index contributed by atoms with van der Waals surface area (Å²) in [5, 5.41) is 17.5. The van der Waals surface area contributed by atoms with Crippen LogP contribution in [0.2, 0.25) is 0 Å². The number of hydrogen-bond donors (Lipinski definition) is 3. The van der Waals surface area contributed by atoms with E-state index in [4.69, 9.17) is 4.74 Å². The van der Waals surface area contributed by atoms with Crippen LogP contribution in [0.4, 0.5) is 0 Å². The van der Waals surface area contributed by atoms with Crippen LogP contribution in [0.1, 0.15) is 16.1 Å². The van der Waals surface area contributed by atoms with Gasteiger partial charge in [0.15, 0.2) is 0 Å². The molecule has 7 heteroatoms. The lowest BCUT2D eigenvalue weighted by Gasteiger charge is -2.15. The van der Waals surface area contributed by atoms with Crippen molar-refractivity contribution in [3.63, 3.8) is 0 Å². The largest absolute Gasteiger partial charge is 0.487 e. The van der Waals surface area contributed by atoms with Gasteiger partial charge in [-0.05, 0) is 18.2 Å². The molecule has 0 aliphatic carbocycles. The number of aromatic nitrogens is 1. The third-order valence-electron chi connectivity index (χ3n) is 3.47. The lowest BCUT2D eigenvalue weighted by molar-refractivity contribution is 0.0888. The second-order valence-corrected chi connectivity index (χ2v) is 5.82. The highest BCUT2D eigenvalue weighted by Crippen LogP contribution is 2.16. The van der Waals surface area contributed by atoms with E-state index < -0.39 is 6.10 Å². The van der Waals surface area contributed by atoms with Crippen LogP contribution in [0.25, 0.3) is 0 Å². The van der Waals surface area contributed by atoms with Gasteiger partial charge in [0.25, 0.3) is 5.91 Å². The van der Waals surface area contributed by atoms with Crippen LogP contribution in [0.3, 0.4) is 0 Å². The van der Waals surface area contributed by atoms with E-state index in [1.807, 2.05) is 5.38 Å². The molecule has 3 N–H and O–H groups in total. The van der Waals surface area contributed by atoms with Crippen LogP contribution >= 0.6 is 11.3 Å². The summed E-state index contributed by atoms with van der Waals surface area (Å²) in [6, 6.07) is 6.73. The highest BCUT2D eigenvalue weighted by Gasteiger charge is 2.26. The molecular weight excluding hydrogens is 302 g/mol. The van der Waals surface area contributed by atoms with Crippen molar-refractivity contribution in [3.8, 4) is 5.75 Å². The molecule has 3 rings (SSSR count). The van der Waals surface area contributed by atoms with Crippen molar-refractivity contribution >= 4 is 17.2 Å². The van der Waals surface area contributed by atoms with Crippen LogP contribution in [0, 0.1) is 0 Å². The fraction of sp³-hybridized carbons (Fsp3) is 0.333. The normalized spacial score (nSPS) is 20.8. The lowest BCUT2D eigenvalue weighted by Crippen LogP contribution is -2.42. The topological polar surface area (TPSA) is 83.5 Å².